The highest BCUT2D eigenvalue weighted by Gasteiger charge is 2.28. The smallest absolute Gasteiger partial charge is 0.266 e. The predicted molar refractivity (Wildman–Crippen MR) is 106 cm³/mol. The maximum atomic E-state index is 12.2. The fraction of sp³-hybridized carbons (Fsp3) is 0.238. The lowest BCUT2D eigenvalue weighted by Crippen LogP contribution is -2.48. The second kappa shape index (κ2) is 7.01. The zero-order chi connectivity index (χ0) is 18.9. The molecule has 5 rings (SSSR count). The van der Waals surface area contributed by atoms with Crippen molar-refractivity contribution in [1.82, 2.24) is 29.0 Å². The van der Waals surface area contributed by atoms with Crippen molar-refractivity contribution in [2.45, 2.75) is 13.1 Å². The summed E-state index contributed by atoms with van der Waals surface area (Å²) < 4.78 is 3.63. The summed E-state index contributed by atoms with van der Waals surface area (Å²) >= 11 is 0. The van der Waals surface area contributed by atoms with Crippen LogP contribution in [-0.2, 0) is 13.1 Å². The first kappa shape index (κ1) is 16.8. The monoisotopic (exact) mass is 372 g/mol. The maximum Gasteiger partial charge on any atom is 0.266 e. The number of hydrogen-bond donors (Lipinski definition) is 0. The van der Waals surface area contributed by atoms with Crippen molar-refractivity contribution in [3.8, 4) is 11.3 Å². The van der Waals surface area contributed by atoms with Crippen LogP contribution in [0.1, 0.15) is 5.69 Å². The van der Waals surface area contributed by atoms with Crippen LogP contribution in [0.5, 0.6) is 0 Å². The highest BCUT2D eigenvalue weighted by molar-refractivity contribution is 5.57. The second-order valence-corrected chi connectivity index (χ2v) is 7.23. The normalized spacial score (nSPS) is 15.0. The van der Waals surface area contributed by atoms with Crippen LogP contribution in [0.2, 0.25) is 0 Å². The van der Waals surface area contributed by atoms with E-state index in [0.717, 1.165) is 42.2 Å². The van der Waals surface area contributed by atoms with Crippen molar-refractivity contribution in [1.29, 1.82) is 0 Å². The number of hydrogen-bond acceptors (Lipinski definition) is 5. The summed E-state index contributed by atoms with van der Waals surface area (Å²) in [6, 6.07) is 13.2. The van der Waals surface area contributed by atoms with Crippen molar-refractivity contribution >= 4 is 5.65 Å². The molecular formula is C21H20N6O. The van der Waals surface area contributed by atoms with Crippen molar-refractivity contribution in [2.75, 3.05) is 13.1 Å². The second-order valence-electron chi connectivity index (χ2n) is 7.23. The minimum absolute atomic E-state index is 0.0587. The fourth-order valence-electron chi connectivity index (χ4n) is 3.71. The molecule has 5 heterocycles. The van der Waals surface area contributed by atoms with E-state index >= 15 is 0 Å². The summed E-state index contributed by atoms with van der Waals surface area (Å²) in [5, 5.41) is 4.54. The summed E-state index contributed by atoms with van der Waals surface area (Å²) in [5.74, 6) is 0.426. The fourth-order valence-corrected chi connectivity index (χ4v) is 3.71. The Hall–Kier alpha value is -3.32. The third-order valence-corrected chi connectivity index (χ3v) is 5.11. The van der Waals surface area contributed by atoms with E-state index < -0.39 is 0 Å². The molecule has 0 amide bonds. The predicted octanol–water partition coefficient (Wildman–Crippen LogP) is 2.08. The van der Waals surface area contributed by atoms with Crippen LogP contribution in [0.3, 0.4) is 0 Å². The molecule has 1 saturated heterocycles. The number of nitrogens with zero attached hydrogens (tertiary/aromatic N) is 6. The Morgan fingerprint density at radius 3 is 2.71 bits per heavy atom. The van der Waals surface area contributed by atoms with E-state index in [2.05, 4.69) is 26.2 Å². The Kier molecular flexibility index (Phi) is 4.21. The Labute approximate surface area is 161 Å². The number of rotatable bonds is 5. The van der Waals surface area contributed by atoms with Crippen molar-refractivity contribution in [3.05, 3.63) is 83.3 Å². The van der Waals surface area contributed by atoms with Crippen molar-refractivity contribution in [3.63, 3.8) is 0 Å². The van der Waals surface area contributed by atoms with E-state index in [0.29, 0.717) is 12.5 Å². The summed E-state index contributed by atoms with van der Waals surface area (Å²) in [6.07, 6.45) is 7.55. The molecule has 0 saturated carbocycles. The molecule has 0 unspecified atom stereocenters. The van der Waals surface area contributed by atoms with Gasteiger partial charge in [-0.05, 0) is 30.3 Å². The molecule has 28 heavy (non-hydrogen) atoms. The van der Waals surface area contributed by atoms with Crippen LogP contribution in [0.15, 0.2) is 72.0 Å². The van der Waals surface area contributed by atoms with Gasteiger partial charge in [0.2, 0.25) is 0 Å². The standard InChI is InChI=1S/C21H20N6O/c28-21-5-4-19(17-6-8-22-9-7-17)24-27(21)13-16-11-25(12-16)14-18-15-26-10-2-1-3-20(26)23-18/h1-10,15-16H,11-14H2. The highest BCUT2D eigenvalue weighted by atomic mass is 16.1. The van der Waals surface area contributed by atoms with Gasteiger partial charge in [-0.15, -0.1) is 0 Å². The minimum Gasteiger partial charge on any atom is -0.307 e. The lowest BCUT2D eigenvalue weighted by atomic mass is 10.00. The summed E-state index contributed by atoms with van der Waals surface area (Å²) in [4.78, 5) is 23.2. The SMILES string of the molecule is O=c1ccc(-c2ccncc2)nn1CC1CN(Cc2cn3ccccc3n2)C1. The zero-order valence-electron chi connectivity index (χ0n) is 15.3. The van der Waals surface area contributed by atoms with Gasteiger partial charge in [-0.1, -0.05) is 6.07 Å². The Bertz CT molecular complexity index is 1130. The lowest BCUT2D eigenvalue weighted by molar-refractivity contribution is 0.0756. The number of pyridine rings is 2. The van der Waals surface area contributed by atoms with Gasteiger partial charge >= 0.3 is 0 Å². The largest absolute Gasteiger partial charge is 0.307 e. The molecule has 0 N–H and O–H groups in total. The van der Waals surface area contributed by atoms with E-state index in [1.807, 2.05) is 40.9 Å². The Morgan fingerprint density at radius 2 is 1.89 bits per heavy atom. The minimum atomic E-state index is -0.0587. The molecule has 0 bridgehead atoms. The zero-order valence-corrected chi connectivity index (χ0v) is 15.3. The van der Waals surface area contributed by atoms with Crippen LogP contribution < -0.4 is 5.56 Å². The summed E-state index contributed by atoms with van der Waals surface area (Å²) in [7, 11) is 0. The van der Waals surface area contributed by atoms with E-state index in [-0.39, 0.29) is 5.56 Å². The van der Waals surface area contributed by atoms with E-state index in [4.69, 9.17) is 0 Å². The molecule has 1 aliphatic heterocycles. The van der Waals surface area contributed by atoms with Gasteiger partial charge in [0.25, 0.3) is 5.56 Å². The molecule has 0 aliphatic carbocycles. The molecule has 4 aromatic heterocycles. The van der Waals surface area contributed by atoms with E-state index in [9.17, 15) is 4.79 Å². The van der Waals surface area contributed by atoms with Gasteiger partial charge in [-0.25, -0.2) is 9.67 Å². The summed E-state index contributed by atoms with van der Waals surface area (Å²) in [5.41, 5.74) is 3.74. The number of imidazole rings is 1. The van der Waals surface area contributed by atoms with Gasteiger partial charge in [-0.3, -0.25) is 14.7 Å². The molecule has 4 aromatic rings. The summed E-state index contributed by atoms with van der Waals surface area (Å²) in [6.45, 7) is 3.36. The van der Waals surface area contributed by atoms with Crippen LogP contribution in [-0.4, -0.2) is 42.1 Å². The van der Waals surface area contributed by atoms with Gasteiger partial charge in [0.05, 0.1) is 17.9 Å². The molecule has 0 aromatic carbocycles. The van der Waals surface area contributed by atoms with Crippen LogP contribution in [0, 0.1) is 5.92 Å². The van der Waals surface area contributed by atoms with E-state index in [1.165, 1.54) is 0 Å². The Balaban J connectivity index is 1.23. The average molecular weight is 372 g/mol. The average Bonchev–Trinajstić information content (AvgIpc) is 3.11. The van der Waals surface area contributed by atoms with Crippen molar-refractivity contribution < 1.29 is 0 Å². The third kappa shape index (κ3) is 3.32. The molecule has 140 valence electrons. The molecule has 7 nitrogen and oxygen atoms in total. The molecule has 0 radical (unpaired) electrons. The van der Waals surface area contributed by atoms with Crippen molar-refractivity contribution in [2.24, 2.45) is 5.92 Å². The number of likely N-dealkylation sites (tertiary alicyclic amines) is 1. The first-order valence-electron chi connectivity index (χ1n) is 9.38. The molecule has 1 fully saturated rings. The van der Waals surface area contributed by atoms with Gasteiger partial charge in [0, 0.05) is 62.0 Å². The quantitative estimate of drug-likeness (QED) is 0.537. The molecule has 1 aliphatic rings. The third-order valence-electron chi connectivity index (χ3n) is 5.11. The topological polar surface area (TPSA) is 68.3 Å². The molecule has 0 atom stereocenters. The highest BCUT2D eigenvalue weighted by Crippen LogP contribution is 2.20. The van der Waals surface area contributed by atoms with Crippen LogP contribution >= 0.6 is 0 Å². The lowest BCUT2D eigenvalue weighted by Gasteiger charge is -2.38. The molecule has 7 heteroatoms. The first-order valence-corrected chi connectivity index (χ1v) is 9.38. The van der Waals surface area contributed by atoms with Gasteiger partial charge in [0.1, 0.15) is 5.65 Å². The van der Waals surface area contributed by atoms with Gasteiger partial charge in [-0.2, -0.15) is 5.10 Å². The molecule has 0 spiro atoms. The Morgan fingerprint density at radius 1 is 1.04 bits per heavy atom. The number of fused-ring (bicyclic) bond motifs is 1. The molecular weight excluding hydrogens is 352 g/mol. The van der Waals surface area contributed by atoms with E-state index in [1.54, 1.807) is 29.2 Å². The van der Waals surface area contributed by atoms with Gasteiger partial charge in [0.15, 0.2) is 0 Å². The number of aromatic nitrogens is 5. The maximum absolute atomic E-state index is 12.2. The van der Waals surface area contributed by atoms with Crippen LogP contribution in [0.25, 0.3) is 16.9 Å². The first-order chi connectivity index (χ1) is 13.7. The van der Waals surface area contributed by atoms with Crippen LogP contribution in [0.4, 0.5) is 0 Å². The van der Waals surface area contributed by atoms with Gasteiger partial charge < -0.3 is 4.40 Å².